The molecule has 0 bridgehead atoms. The molecule has 0 saturated carbocycles. The van der Waals surface area contributed by atoms with Gasteiger partial charge in [-0.15, -0.1) is 0 Å². The number of nitro groups is 1. The fraction of sp³-hybridized carbons (Fsp3) is 0.385. The number of benzene rings is 1. The van der Waals surface area contributed by atoms with Crippen LogP contribution in [0.5, 0.6) is 0 Å². The van der Waals surface area contributed by atoms with Crippen molar-refractivity contribution in [3.8, 4) is 0 Å². The van der Waals surface area contributed by atoms with Gasteiger partial charge in [-0.05, 0) is 6.07 Å². The zero-order valence-electron chi connectivity index (χ0n) is 10.9. The minimum atomic E-state index is -0.552. The summed E-state index contributed by atoms with van der Waals surface area (Å²) in [7, 11) is 3.70. The Morgan fingerprint density at radius 1 is 1.37 bits per heavy atom. The van der Waals surface area contributed by atoms with E-state index in [1.165, 1.54) is 6.07 Å². The monoisotopic (exact) mass is 264 g/mol. The SMILES string of the molecule is CN(C)/C=C(/c1ccccc1[N+](=O)[O-])C1OCCO1. The van der Waals surface area contributed by atoms with Crippen LogP contribution in [-0.2, 0) is 9.47 Å². The van der Waals surface area contributed by atoms with Crippen LogP contribution in [-0.4, -0.2) is 43.4 Å². The molecule has 1 fully saturated rings. The number of para-hydroxylation sites is 1. The number of hydrogen-bond donors (Lipinski definition) is 0. The second kappa shape index (κ2) is 5.81. The lowest BCUT2D eigenvalue weighted by atomic mass is 10.0. The van der Waals surface area contributed by atoms with Crippen molar-refractivity contribution in [2.24, 2.45) is 0 Å². The largest absolute Gasteiger partial charge is 0.383 e. The van der Waals surface area contributed by atoms with Crippen LogP contribution in [0.4, 0.5) is 5.69 Å². The summed E-state index contributed by atoms with van der Waals surface area (Å²) in [4.78, 5) is 12.5. The molecule has 0 unspecified atom stereocenters. The number of rotatable bonds is 4. The molecule has 1 saturated heterocycles. The Balaban J connectivity index is 2.46. The maximum Gasteiger partial charge on any atom is 0.277 e. The summed E-state index contributed by atoms with van der Waals surface area (Å²) in [6.45, 7) is 0.992. The first-order valence-corrected chi connectivity index (χ1v) is 5.94. The lowest BCUT2D eigenvalue weighted by Gasteiger charge is -2.17. The first kappa shape index (κ1) is 13.5. The fourth-order valence-corrected chi connectivity index (χ4v) is 1.95. The van der Waals surface area contributed by atoms with Crippen LogP contribution in [0.15, 0.2) is 30.5 Å². The molecule has 0 aromatic heterocycles. The van der Waals surface area contributed by atoms with E-state index in [0.29, 0.717) is 24.4 Å². The summed E-state index contributed by atoms with van der Waals surface area (Å²) in [5.41, 5.74) is 1.23. The molecule has 6 nitrogen and oxygen atoms in total. The molecule has 6 heteroatoms. The van der Waals surface area contributed by atoms with Gasteiger partial charge in [0.05, 0.1) is 23.7 Å². The van der Waals surface area contributed by atoms with Crippen LogP contribution in [0.1, 0.15) is 5.56 Å². The summed E-state index contributed by atoms with van der Waals surface area (Å²) in [6, 6.07) is 6.60. The second-order valence-electron chi connectivity index (χ2n) is 4.40. The van der Waals surface area contributed by atoms with Crippen molar-refractivity contribution in [3.63, 3.8) is 0 Å². The van der Waals surface area contributed by atoms with E-state index in [1.807, 2.05) is 19.0 Å². The zero-order valence-corrected chi connectivity index (χ0v) is 10.9. The predicted octanol–water partition coefficient (Wildman–Crippen LogP) is 1.87. The molecule has 0 N–H and O–H groups in total. The van der Waals surface area contributed by atoms with Crippen LogP contribution in [0.2, 0.25) is 0 Å². The third-order valence-electron chi connectivity index (χ3n) is 2.68. The van der Waals surface area contributed by atoms with Crippen molar-refractivity contribution in [2.45, 2.75) is 6.29 Å². The third-order valence-corrected chi connectivity index (χ3v) is 2.68. The van der Waals surface area contributed by atoms with Gasteiger partial charge in [-0.1, -0.05) is 12.1 Å². The van der Waals surface area contributed by atoms with Crippen LogP contribution in [0.25, 0.3) is 5.57 Å². The number of nitro benzene ring substituents is 1. The van der Waals surface area contributed by atoms with E-state index in [1.54, 1.807) is 24.4 Å². The maximum atomic E-state index is 11.1. The van der Waals surface area contributed by atoms with E-state index in [-0.39, 0.29) is 5.69 Å². The molecular weight excluding hydrogens is 248 g/mol. The first-order chi connectivity index (χ1) is 9.09. The highest BCUT2D eigenvalue weighted by atomic mass is 16.7. The van der Waals surface area contributed by atoms with E-state index in [9.17, 15) is 10.1 Å². The molecule has 19 heavy (non-hydrogen) atoms. The summed E-state index contributed by atoms with van der Waals surface area (Å²) >= 11 is 0. The third kappa shape index (κ3) is 3.10. The lowest BCUT2D eigenvalue weighted by Crippen LogP contribution is -2.15. The number of ether oxygens (including phenoxy) is 2. The van der Waals surface area contributed by atoms with E-state index in [2.05, 4.69) is 0 Å². The maximum absolute atomic E-state index is 11.1. The van der Waals surface area contributed by atoms with Gasteiger partial charge >= 0.3 is 0 Å². The summed E-state index contributed by atoms with van der Waals surface area (Å²) in [5, 5.41) is 11.1. The lowest BCUT2D eigenvalue weighted by molar-refractivity contribution is -0.385. The van der Waals surface area contributed by atoms with Gasteiger partial charge < -0.3 is 14.4 Å². The van der Waals surface area contributed by atoms with Gasteiger partial charge in [-0.3, -0.25) is 10.1 Å². The first-order valence-electron chi connectivity index (χ1n) is 5.94. The van der Waals surface area contributed by atoms with Gasteiger partial charge in [0.15, 0.2) is 6.29 Å². The topological polar surface area (TPSA) is 64.8 Å². The molecule has 2 rings (SSSR count). The molecule has 102 valence electrons. The highest BCUT2D eigenvalue weighted by molar-refractivity contribution is 5.74. The quantitative estimate of drug-likeness (QED) is 0.613. The van der Waals surface area contributed by atoms with Gasteiger partial charge in [-0.25, -0.2) is 0 Å². The summed E-state index contributed by atoms with van der Waals surface area (Å²) in [5.74, 6) is 0. The molecule has 1 aromatic rings. The molecule has 0 atom stereocenters. The van der Waals surface area contributed by atoms with Crippen LogP contribution in [0, 0.1) is 10.1 Å². The van der Waals surface area contributed by atoms with E-state index >= 15 is 0 Å². The second-order valence-corrected chi connectivity index (χ2v) is 4.40. The van der Waals surface area contributed by atoms with Crippen LogP contribution < -0.4 is 0 Å². The Bertz CT molecular complexity index is 493. The summed E-state index contributed by atoms with van der Waals surface area (Å²) in [6.07, 6.45) is 1.24. The minimum Gasteiger partial charge on any atom is -0.383 e. The van der Waals surface area contributed by atoms with Crippen molar-refractivity contribution >= 4 is 11.3 Å². The number of nitrogens with zero attached hydrogens (tertiary/aromatic N) is 2. The van der Waals surface area contributed by atoms with Gasteiger partial charge in [0.1, 0.15) is 0 Å². The number of hydrogen-bond acceptors (Lipinski definition) is 5. The average Bonchev–Trinajstić information content (AvgIpc) is 2.89. The van der Waals surface area contributed by atoms with Crippen LogP contribution >= 0.6 is 0 Å². The smallest absolute Gasteiger partial charge is 0.277 e. The van der Waals surface area contributed by atoms with Crippen molar-refractivity contribution in [3.05, 3.63) is 46.1 Å². The molecule has 0 amide bonds. The molecular formula is C13H16N2O4. The van der Waals surface area contributed by atoms with Gasteiger partial charge in [0.2, 0.25) is 0 Å². The zero-order chi connectivity index (χ0) is 13.8. The van der Waals surface area contributed by atoms with Gasteiger partial charge in [0.25, 0.3) is 5.69 Å². The summed E-state index contributed by atoms with van der Waals surface area (Å²) < 4.78 is 10.9. The molecule has 0 radical (unpaired) electrons. The van der Waals surface area contributed by atoms with Gasteiger partial charge in [-0.2, -0.15) is 0 Å². The molecule has 1 heterocycles. The van der Waals surface area contributed by atoms with E-state index < -0.39 is 11.2 Å². The van der Waals surface area contributed by atoms with E-state index in [0.717, 1.165) is 0 Å². The molecule has 0 spiro atoms. The van der Waals surface area contributed by atoms with Crippen molar-refractivity contribution in [1.82, 2.24) is 4.90 Å². The highest BCUT2D eigenvalue weighted by Crippen LogP contribution is 2.31. The standard InChI is InChI=1S/C13H16N2O4/c1-14(2)9-11(13-18-7-8-19-13)10-5-3-4-6-12(10)15(16)17/h3-6,9,13H,7-8H2,1-2H3/b11-9-. The predicted molar refractivity (Wildman–Crippen MR) is 70.5 cm³/mol. The normalized spacial score (nSPS) is 16.6. The van der Waals surface area contributed by atoms with Gasteiger partial charge in [0, 0.05) is 31.9 Å². The Labute approximate surface area is 111 Å². The Kier molecular flexibility index (Phi) is 4.13. The average molecular weight is 264 g/mol. The molecule has 1 aliphatic heterocycles. The Morgan fingerprint density at radius 2 is 2.00 bits per heavy atom. The minimum absolute atomic E-state index is 0.0506. The van der Waals surface area contributed by atoms with E-state index in [4.69, 9.17) is 9.47 Å². The van der Waals surface area contributed by atoms with Crippen molar-refractivity contribution < 1.29 is 14.4 Å². The Morgan fingerprint density at radius 3 is 2.58 bits per heavy atom. The fourth-order valence-electron chi connectivity index (χ4n) is 1.95. The van der Waals surface area contributed by atoms with Crippen molar-refractivity contribution in [2.75, 3.05) is 27.3 Å². The molecule has 1 aliphatic rings. The van der Waals surface area contributed by atoms with Crippen LogP contribution in [0.3, 0.4) is 0 Å². The van der Waals surface area contributed by atoms with Crippen molar-refractivity contribution in [1.29, 1.82) is 0 Å². The molecule has 0 aliphatic carbocycles. The Hall–Kier alpha value is -1.92. The molecule has 1 aromatic carbocycles. The highest BCUT2D eigenvalue weighted by Gasteiger charge is 2.27.